The zero-order valence-electron chi connectivity index (χ0n) is 24.9. The fraction of sp³-hybridized carbons (Fsp3) is 0.667. The average Bonchev–Trinajstić information content (AvgIpc) is 2.95. The van der Waals surface area contributed by atoms with E-state index in [-0.39, 0.29) is 0 Å². The molecule has 3 aromatic rings. The minimum Gasteiger partial charge on any atom is -0.254 e. The van der Waals surface area contributed by atoms with Crippen molar-refractivity contribution >= 4 is 21.8 Å². The molecule has 3 rings (SSSR count). The van der Waals surface area contributed by atoms with Crippen LogP contribution in [0.4, 0.5) is 0 Å². The third-order valence-corrected chi connectivity index (χ3v) is 8.40. The van der Waals surface area contributed by atoms with Crippen molar-refractivity contribution in [1.82, 2.24) is 9.97 Å². The molecule has 2 aromatic heterocycles. The van der Waals surface area contributed by atoms with Gasteiger partial charge in [0, 0.05) is 23.2 Å². The van der Waals surface area contributed by atoms with E-state index in [0.29, 0.717) is 0 Å². The summed E-state index contributed by atoms with van der Waals surface area (Å²) in [5, 5.41) is 2.61. The van der Waals surface area contributed by atoms with Crippen LogP contribution in [0.25, 0.3) is 21.8 Å². The molecule has 0 bridgehead atoms. The maximum absolute atomic E-state index is 4.80. The van der Waals surface area contributed by atoms with Crippen molar-refractivity contribution in [1.29, 1.82) is 0 Å². The fourth-order valence-corrected chi connectivity index (χ4v) is 5.98. The molecule has 0 atom stereocenters. The second-order valence-corrected chi connectivity index (χ2v) is 11.7. The molecular formula is C36H56N2. The van der Waals surface area contributed by atoms with Crippen molar-refractivity contribution in [2.75, 3.05) is 0 Å². The Labute approximate surface area is 234 Å². The van der Waals surface area contributed by atoms with Crippen LogP contribution in [0.2, 0.25) is 0 Å². The Morgan fingerprint density at radius 2 is 0.711 bits per heavy atom. The molecule has 2 heteroatoms. The number of hydrogen-bond donors (Lipinski definition) is 0. The van der Waals surface area contributed by atoms with Gasteiger partial charge in [0.05, 0.1) is 11.0 Å². The lowest BCUT2D eigenvalue weighted by Crippen LogP contribution is -1.95. The minimum absolute atomic E-state index is 1.09. The second kappa shape index (κ2) is 19.2. The Morgan fingerprint density at radius 1 is 0.395 bits per heavy atom. The van der Waals surface area contributed by atoms with Crippen LogP contribution < -0.4 is 0 Å². The SMILES string of the molecule is CCCCCCCCCCCCc1ccnc2c1ccc1c(CCCCCCCCCCCC)ccnc12. The van der Waals surface area contributed by atoms with Gasteiger partial charge < -0.3 is 0 Å². The lowest BCUT2D eigenvalue weighted by atomic mass is 9.97. The van der Waals surface area contributed by atoms with Gasteiger partial charge in [-0.3, -0.25) is 9.97 Å². The first-order valence-electron chi connectivity index (χ1n) is 16.5. The molecule has 0 saturated heterocycles. The molecule has 0 aliphatic heterocycles. The molecule has 0 spiro atoms. The van der Waals surface area contributed by atoms with Crippen molar-refractivity contribution in [2.24, 2.45) is 0 Å². The highest BCUT2D eigenvalue weighted by atomic mass is 14.7. The fourth-order valence-electron chi connectivity index (χ4n) is 5.98. The molecule has 0 unspecified atom stereocenters. The van der Waals surface area contributed by atoms with E-state index in [2.05, 4.69) is 38.1 Å². The highest BCUT2D eigenvalue weighted by molar-refractivity contribution is 6.04. The normalized spacial score (nSPS) is 11.6. The zero-order valence-corrected chi connectivity index (χ0v) is 24.9. The predicted octanol–water partition coefficient (Wildman–Crippen LogP) is 11.7. The Balaban J connectivity index is 1.44. The molecule has 38 heavy (non-hydrogen) atoms. The first-order chi connectivity index (χ1) is 18.8. The molecule has 0 aliphatic rings. The van der Waals surface area contributed by atoms with Gasteiger partial charge in [0.1, 0.15) is 0 Å². The van der Waals surface area contributed by atoms with Gasteiger partial charge in [0.2, 0.25) is 0 Å². The van der Waals surface area contributed by atoms with E-state index in [1.54, 1.807) is 0 Å². The van der Waals surface area contributed by atoms with Gasteiger partial charge in [-0.05, 0) is 48.9 Å². The van der Waals surface area contributed by atoms with Crippen LogP contribution in [-0.2, 0) is 12.8 Å². The summed E-state index contributed by atoms with van der Waals surface area (Å²) < 4.78 is 0. The van der Waals surface area contributed by atoms with Gasteiger partial charge in [-0.25, -0.2) is 0 Å². The Morgan fingerprint density at radius 3 is 1.05 bits per heavy atom. The number of unbranched alkanes of at least 4 members (excludes halogenated alkanes) is 18. The summed E-state index contributed by atoms with van der Waals surface area (Å²) >= 11 is 0. The molecule has 0 fully saturated rings. The van der Waals surface area contributed by atoms with E-state index in [4.69, 9.17) is 9.97 Å². The van der Waals surface area contributed by atoms with Crippen LogP contribution in [0.3, 0.4) is 0 Å². The van der Waals surface area contributed by atoms with Gasteiger partial charge in [0.15, 0.2) is 0 Å². The maximum Gasteiger partial charge on any atom is 0.0967 e. The molecule has 210 valence electrons. The molecule has 0 N–H and O–H groups in total. The van der Waals surface area contributed by atoms with Crippen LogP contribution in [0.15, 0.2) is 36.7 Å². The summed E-state index contributed by atoms with van der Waals surface area (Å²) in [6.45, 7) is 4.59. The summed E-state index contributed by atoms with van der Waals surface area (Å²) in [6, 6.07) is 9.10. The molecule has 0 radical (unpaired) electrons. The van der Waals surface area contributed by atoms with E-state index in [9.17, 15) is 0 Å². The number of pyridine rings is 2. The van der Waals surface area contributed by atoms with E-state index >= 15 is 0 Å². The van der Waals surface area contributed by atoms with Crippen LogP contribution in [0, 0.1) is 0 Å². The average molecular weight is 517 g/mol. The van der Waals surface area contributed by atoms with Gasteiger partial charge in [-0.15, -0.1) is 0 Å². The highest BCUT2D eigenvalue weighted by Gasteiger charge is 2.10. The van der Waals surface area contributed by atoms with E-state index in [1.807, 2.05) is 12.4 Å². The summed E-state index contributed by atoms with van der Waals surface area (Å²) in [5.41, 5.74) is 5.07. The molecule has 0 aliphatic carbocycles. The summed E-state index contributed by atoms with van der Waals surface area (Å²) in [4.78, 5) is 9.61. The van der Waals surface area contributed by atoms with Crippen molar-refractivity contribution in [3.63, 3.8) is 0 Å². The van der Waals surface area contributed by atoms with Gasteiger partial charge >= 0.3 is 0 Å². The van der Waals surface area contributed by atoms with Crippen LogP contribution >= 0.6 is 0 Å². The molecular weight excluding hydrogens is 460 g/mol. The summed E-state index contributed by atoms with van der Waals surface area (Å²) in [7, 11) is 0. The Kier molecular flexibility index (Phi) is 15.4. The number of hydrogen-bond acceptors (Lipinski definition) is 2. The second-order valence-electron chi connectivity index (χ2n) is 11.7. The zero-order chi connectivity index (χ0) is 26.7. The smallest absolute Gasteiger partial charge is 0.0967 e. The Bertz CT molecular complexity index is 942. The summed E-state index contributed by atoms with van der Waals surface area (Å²) in [5.74, 6) is 0. The molecule has 1 aromatic carbocycles. The number of benzene rings is 1. The number of nitrogens with zero attached hydrogens (tertiary/aromatic N) is 2. The maximum atomic E-state index is 4.80. The third-order valence-electron chi connectivity index (χ3n) is 8.40. The molecule has 0 saturated carbocycles. The number of fused-ring (bicyclic) bond motifs is 3. The van der Waals surface area contributed by atoms with Crippen molar-refractivity contribution in [2.45, 2.75) is 155 Å². The summed E-state index contributed by atoms with van der Waals surface area (Å²) in [6.07, 6.45) is 34.0. The minimum atomic E-state index is 1.09. The van der Waals surface area contributed by atoms with Crippen molar-refractivity contribution in [3.05, 3.63) is 47.8 Å². The lowest BCUT2D eigenvalue weighted by Gasteiger charge is -2.11. The standard InChI is InChI=1S/C36H56N2/c1-3-5-7-9-11-13-15-17-19-21-23-31-27-29-37-35-33(31)25-26-34-32(28-30-38-36(34)35)24-22-20-18-16-14-12-10-8-6-4-2/h25-30H,3-24H2,1-2H3. The number of aryl methyl sites for hydroxylation is 2. The molecule has 2 nitrogen and oxygen atoms in total. The van der Waals surface area contributed by atoms with Crippen LogP contribution in [0.5, 0.6) is 0 Å². The quantitative estimate of drug-likeness (QED) is 0.0980. The Hall–Kier alpha value is -1.96. The lowest BCUT2D eigenvalue weighted by molar-refractivity contribution is 0.556. The van der Waals surface area contributed by atoms with Crippen molar-refractivity contribution < 1.29 is 0 Å². The van der Waals surface area contributed by atoms with E-state index in [0.717, 1.165) is 23.9 Å². The van der Waals surface area contributed by atoms with Crippen LogP contribution in [-0.4, -0.2) is 9.97 Å². The topological polar surface area (TPSA) is 25.8 Å². The van der Waals surface area contributed by atoms with Gasteiger partial charge in [0.25, 0.3) is 0 Å². The highest BCUT2D eigenvalue weighted by Crippen LogP contribution is 2.28. The third kappa shape index (κ3) is 10.7. The molecule has 2 heterocycles. The monoisotopic (exact) mass is 516 g/mol. The van der Waals surface area contributed by atoms with Crippen molar-refractivity contribution in [3.8, 4) is 0 Å². The van der Waals surface area contributed by atoms with Gasteiger partial charge in [-0.2, -0.15) is 0 Å². The molecule has 0 amide bonds. The predicted molar refractivity (Wildman–Crippen MR) is 168 cm³/mol. The largest absolute Gasteiger partial charge is 0.254 e. The van der Waals surface area contributed by atoms with Gasteiger partial charge in [-0.1, -0.05) is 142 Å². The van der Waals surface area contributed by atoms with Crippen LogP contribution in [0.1, 0.15) is 153 Å². The number of aromatic nitrogens is 2. The first-order valence-corrected chi connectivity index (χ1v) is 16.5. The number of rotatable bonds is 22. The first kappa shape index (κ1) is 30.6. The van der Waals surface area contributed by atoms with E-state index in [1.165, 1.54) is 150 Å². The van der Waals surface area contributed by atoms with E-state index < -0.39 is 0 Å².